The average molecular weight is 433 g/mol. The van der Waals surface area contributed by atoms with Gasteiger partial charge in [-0.1, -0.05) is 12.1 Å². The van der Waals surface area contributed by atoms with E-state index in [0.717, 1.165) is 11.3 Å². The second kappa shape index (κ2) is 9.29. The number of pyridine rings is 1. The number of methoxy groups -OCH3 is 2. The Bertz CT molecular complexity index is 1270. The molecule has 0 saturated heterocycles. The third-order valence-electron chi connectivity index (χ3n) is 4.92. The normalized spacial score (nSPS) is 10.8. The first-order chi connectivity index (χ1) is 15.6. The summed E-state index contributed by atoms with van der Waals surface area (Å²) >= 11 is 0. The summed E-state index contributed by atoms with van der Waals surface area (Å²) in [6.07, 6.45) is 4.27. The molecule has 0 fully saturated rings. The molecule has 0 atom stereocenters. The van der Waals surface area contributed by atoms with Crippen LogP contribution in [0.15, 0.2) is 59.8 Å². The summed E-state index contributed by atoms with van der Waals surface area (Å²) < 4.78 is 13.7. The Hall–Kier alpha value is -4.21. The summed E-state index contributed by atoms with van der Waals surface area (Å²) in [6, 6.07) is 12.7. The van der Waals surface area contributed by atoms with Crippen LogP contribution in [0.25, 0.3) is 5.82 Å². The summed E-state index contributed by atoms with van der Waals surface area (Å²) in [5.41, 5.74) is 7.47. The topological polar surface area (TPSA) is 123 Å². The minimum atomic E-state index is -0.197. The van der Waals surface area contributed by atoms with Crippen molar-refractivity contribution in [3.8, 4) is 17.3 Å². The highest BCUT2D eigenvalue weighted by Gasteiger charge is 2.14. The van der Waals surface area contributed by atoms with Gasteiger partial charge in [0.25, 0.3) is 5.56 Å². The Kier molecular flexibility index (Phi) is 6.11. The highest BCUT2D eigenvalue weighted by atomic mass is 16.5. The van der Waals surface area contributed by atoms with Crippen LogP contribution in [0, 0.1) is 0 Å². The maximum absolute atomic E-state index is 12.6. The molecule has 32 heavy (non-hydrogen) atoms. The van der Waals surface area contributed by atoms with Crippen molar-refractivity contribution in [2.45, 2.75) is 19.4 Å². The van der Waals surface area contributed by atoms with Gasteiger partial charge in [-0.25, -0.2) is 4.98 Å². The van der Waals surface area contributed by atoms with Gasteiger partial charge in [0.1, 0.15) is 5.82 Å². The third kappa shape index (κ3) is 4.59. The van der Waals surface area contributed by atoms with Crippen molar-refractivity contribution in [3.63, 3.8) is 0 Å². The van der Waals surface area contributed by atoms with Crippen LogP contribution in [-0.4, -0.2) is 43.5 Å². The van der Waals surface area contributed by atoms with Gasteiger partial charge in [-0.3, -0.25) is 14.3 Å². The minimum Gasteiger partial charge on any atom is -0.493 e. The zero-order valence-electron chi connectivity index (χ0n) is 17.8. The molecule has 10 heteroatoms. The van der Waals surface area contributed by atoms with E-state index in [-0.39, 0.29) is 11.5 Å². The lowest BCUT2D eigenvalue weighted by molar-refractivity contribution is 0.354. The molecular weight excluding hydrogens is 410 g/mol. The van der Waals surface area contributed by atoms with Crippen molar-refractivity contribution < 1.29 is 9.47 Å². The molecule has 3 aromatic heterocycles. The maximum atomic E-state index is 12.6. The Morgan fingerprint density at radius 1 is 1.03 bits per heavy atom. The Balaban J connectivity index is 1.57. The third-order valence-corrected chi connectivity index (χ3v) is 4.92. The molecule has 4 aromatic rings. The zero-order chi connectivity index (χ0) is 22.5. The number of benzene rings is 1. The van der Waals surface area contributed by atoms with Gasteiger partial charge in [-0.05, 0) is 29.8 Å². The number of anilines is 1. The first-order valence-corrected chi connectivity index (χ1v) is 9.96. The smallest absolute Gasteiger partial charge is 0.255 e. The summed E-state index contributed by atoms with van der Waals surface area (Å²) in [5, 5.41) is 4.22. The van der Waals surface area contributed by atoms with Crippen molar-refractivity contribution >= 4 is 5.95 Å². The van der Waals surface area contributed by atoms with E-state index in [2.05, 4.69) is 20.1 Å². The maximum Gasteiger partial charge on any atom is 0.255 e. The van der Waals surface area contributed by atoms with Crippen molar-refractivity contribution in [3.05, 3.63) is 82.4 Å². The summed E-state index contributed by atoms with van der Waals surface area (Å²) in [5.74, 6) is 2.24. The minimum absolute atomic E-state index is 0.0987. The number of nitrogen functional groups attached to an aromatic ring is 1. The Labute approximate surface area is 184 Å². The number of nitrogens with zero attached hydrogens (tertiary/aromatic N) is 6. The SMILES string of the molecule is COc1ccc(Cc2nc(N)nn2-c2cc(=O)n(CCc3ccccn3)cn2)cc1OC. The molecule has 0 unspecified atom stereocenters. The summed E-state index contributed by atoms with van der Waals surface area (Å²) in [7, 11) is 3.16. The molecule has 0 aliphatic heterocycles. The first kappa shape index (κ1) is 21.0. The van der Waals surface area contributed by atoms with E-state index < -0.39 is 0 Å². The van der Waals surface area contributed by atoms with Gasteiger partial charge >= 0.3 is 0 Å². The van der Waals surface area contributed by atoms with Crippen LogP contribution >= 0.6 is 0 Å². The molecule has 0 aliphatic carbocycles. The summed E-state index contributed by atoms with van der Waals surface area (Å²) in [6.45, 7) is 0.473. The molecule has 0 amide bonds. The molecule has 0 spiro atoms. The lowest BCUT2D eigenvalue weighted by Gasteiger charge is -2.10. The number of nitrogens with two attached hydrogens (primary N) is 1. The molecule has 4 rings (SSSR count). The standard InChI is InChI=1S/C22H23N7O3/c1-31-17-7-6-15(11-18(17)32-2)12-20-26-22(23)27-29(20)19-13-21(30)28(14-25-19)10-8-16-5-3-4-9-24-16/h3-7,9,11,13-14H,8,10,12H2,1-2H3,(H2,23,27). The Morgan fingerprint density at radius 3 is 2.59 bits per heavy atom. The molecular formula is C22H23N7O3. The predicted molar refractivity (Wildman–Crippen MR) is 118 cm³/mol. The van der Waals surface area contributed by atoms with Crippen LogP contribution in [0.3, 0.4) is 0 Å². The van der Waals surface area contributed by atoms with Gasteiger partial charge in [0.05, 0.1) is 20.5 Å². The van der Waals surface area contributed by atoms with Crippen LogP contribution in [0.1, 0.15) is 17.1 Å². The highest BCUT2D eigenvalue weighted by molar-refractivity contribution is 5.44. The number of hydrogen-bond acceptors (Lipinski definition) is 8. The number of rotatable bonds is 8. The van der Waals surface area contributed by atoms with Gasteiger partial charge in [0.2, 0.25) is 5.95 Å². The largest absolute Gasteiger partial charge is 0.493 e. The van der Waals surface area contributed by atoms with Crippen molar-refractivity contribution in [2.24, 2.45) is 0 Å². The second-order valence-electron chi connectivity index (χ2n) is 7.01. The fraction of sp³-hybridized carbons (Fsp3) is 0.227. The number of aryl methyl sites for hydroxylation is 2. The molecule has 0 aliphatic rings. The number of ether oxygens (including phenoxy) is 2. The van der Waals surface area contributed by atoms with Crippen LogP contribution < -0.4 is 20.8 Å². The lowest BCUT2D eigenvalue weighted by Crippen LogP contribution is -2.23. The van der Waals surface area contributed by atoms with Gasteiger partial charge in [0.15, 0.2) is 17.3 Å². The Morgan fingerprint density at radius 2 is 1.88 bits per heavy atom. The number of aromatic nitrogens is 6. The number of hydrogen-bond donors (Lipinski definition) is 1. The van der Waals surface area contributed by atoms with Crippen molar-refractivity contribution in [2.75, 3.05) is 20.0 Å². The first-order valence-electron chi connectivity index (χ1n) is 9.96. The fourth-order valence-electron chi connectivity index (χ4n) is 3.31. The van der Waals surface area contributed by atoms with E-state index in [1.165, 1.54) is 21.6 Å². The molecule has 2 N–H and O–H groups in total. The molecule has 164 valence electrons. The van der Waals surface area contributed by atoms with E-state index in [1.807, 2.05) is 36.4 Å². The molecule has 10 nitrogen and oxygen atoms in total. The monoisotopic (exact) mass is 433 g/mol. The average Bonchev–Trinajstić information content (AvgIpc) is 3.18. The van der Waals surface area contributed by atoms with Gasteiger partial charge in [-0.15, -0.1) is 5.10 Å². The van der Waals surface area contributed by atoms with Crippen LogP contribution in [-0.2, 0) is 19.4 Å². The predicted octanol–water partition coefficient (Wildman–Crippen LogP) is 1.65. The zero-order valence-corrected chi connectivity index (χ0v) is 17.8. The summed E-state index contributed by atoms with van der Waals surface area (Å²) in [4.78, 5) is 25.6. The van der Waals surface area contributed by atoms with E-state index in [4.69, 9.17) is 15.2 Å². The van der Waals surface area contributed by atoms with E-state index in [1.54, 1.807) is 20.4 Å². The van der Waals surface area contributed by atoms with Crippen molar-refractivity contribution in [1.29, 1.82) is 0 Å². The van der Waals surface area contributed by atoms with E-state index in [0.29, 0.717) is 42.5 Å². The fourth-order valence-corrected chi connectivity index (χ4v) is 3.31. The van der Waals surface area contributed by atoms with Gasteiger partial charge in [-0.2, -0.15) is 9.67 Å². The molecule has 1 aromatic carbocycles. The van der Waals surface area contributed by atoms with Gasteiger partial charge < -0.3 is 15.2 Å². The lowest BCUT2D eigenvalue weighted by atomic mass is 10.1. The highest BCUT2D eigenvalue weighted by Crippen LogP contribution is 2.28. The molecule has 0 radical (unpaired) electrons. The quantitative estimate of drug-likeness (QED) is 0.445. The van der Waals surface area contributed by atoms with E-state index >= 15 is 0 Å². The van der Waals surface area contributed by atoms with E-state index in [9.17, 15) is 4.79 Å². The molecule has 0 saturated carbocycles. The van der Waals surface area contributed by atoms with Crippen molar-refractivity contribution in [1.82, 2.24) is 29.3 Å². The molecule has 3 heterocycles. The van der Waals surface area contributed by atoms with Crippen LogP contribution in [0.4, 0.5) is 5.95 Å². The molecule has 0 bridgehead atoms. The van der Waals surface area contributed by atoms with Crippen LogP contribution in [0.2, 0.25) is 0 Å². The van der Waals surface area contributed by atoms with Gasteiger partial charge in [0, 0.05) is 37.3 Å². The second-order valence-corrected chi connectivity index (χ2v) is 7.01. The van der Waals surface area contributed by atoms with Crippen LogP contribution in [0.5, 0.6) is 11.5 Å².